The normalized spacial score (nSPS) is 16.6. The Hall–Kier alpha value is -2.88. The van der Waals surface area contributed by atoms with Crippen LogP contribution in [0.3, 0.4) is 0 Å². The van der Waals surface area contributed by atoms with Gasteiger partial charge < -0.3 is 10.2 Å². The molecule has 1 aliphatic heterocycles. The Morgan fingerprint density at radius 1 is 1.19 bits per heavy atom. The number of hydrogen-bond acceptors (Lipinski definition) is 2. The van der Waals surface area contributed by atoms with Crippen LogP contribution in [0.2, 0.25) is 0 Å². The van der Waals surface area contributed by atoms with Crippen molar-refractivity contribution in [2.75, 3.05) is 18.4 Å². The molecule has 1 heterocycles. The lowest BCUT2D eigenvalue weighted by atomic mass is 9.96. The molecule has 0 radical (unpaired) electrons. The maximum absolute atomic E-state index is 12.7. The number of carbonyl (C=O) groups is 2. The lowest BCUT2D eigenvalue weighted by Crippen LogP contribution is -2.43. The Kier molecular flexibility index (Phi) is 6.07. The predicted molar refractivity (Wildman–Crippen MR) is 109 cm³/mol. The molecule has 0 unspecified atom stereocenters. The van der Waals surface area contributed by atoms with E-state index < -0.39 is 0 Å². The largest absolute Gasteiger partial charge is 0.342 e. The number of rotatable bonds is 5. The van der Waals surface area contributed by atoms with Crippen LogP contribution in [0.25, 0.3) is 11.1 Å². The van der Waals surface area contributed by atoms with Crippen LogP contribution in [0.15, 0.2) is 61.2 Å². The number of aryl methyl sites for hydroxylation is 1. The number of nitrogens with one attached hydrogen (secondary N) is 1. The monoisotopic (exact) mass is 362 g/mol. The van der Waals surface area contributed by atoms with Crippen LogP contribution < -0.4 is 5.32 Å². The smallest absolute Gasteiger partial charge is 0.229 e. The molecule has 0 bridgehead atoms. The molecule has 4 heteroatoms. The third-order valence-corrected chi connectivity index (χ3v) is 4.95. The SMILES string of the molecule is C=CCC(=O)N1CCC[C@@H](C(=O)Nc2cccc(-c3cccc(C)c3)c2)C1. The number of nitrogens with zero attached hydrogens (tertiary/aromatic N) is 1. The molecular formula is C23H26N2O2. The van der Waals surface area contributed by atoms with Crippen molar-refractivity contribution in [3.05, 3.63) is 66.7 Å². The quantitative estimate of drug-likeness (QED) is 0.801. The van der Waals surface area contributed by atoms with Gasteiger partial charge in [-0.15, -0.1) is 6.58 Å². The van der Waals surface area contributed by atoms with Crippen molar-refractivity contribution in [3.8, 4) is 11.1 Å². The second-order valence-electron chi connectivity index (χ2n) is 7.11. The van der Waals surface area contributed by atoms with Gasteiger partial charge in [0, 0.05) is 25.2 Å². The van der Waals surface area contributed by atoms with Crippen LogP contribution in [0, 0.1) is 12.8 Å². The molecule has 27 heavy (non-hydrogen) atoms. The molecule has 3 rings (SSSR count). The van der Waals surface area contributed by atoms with Crippen LogP contribution in [0.1, 0.15) is 24.8 Å². The second-order valence-corrected chi connectivity index (χ2v) is 7.11. The van der Waals surface area contributed by atoms with E-state index in [4.69, 9.17) is 0 Å². The summed E-state index contributed by atoms with van der Waals surface area (Å²) in [5.74, 6) is -0.147. The maximum Gasteiger partial charge on any atom is 0.229 e. The van der Waals surface area contributed by atoms with Crippen molar-refractivity contribution in [2.45, 2.75) is 26.2 Å². The van der Waals surface area contributed by atoms with Crippen molar-refractivity contribution in [1.29, 1.82) is 0 Å². The molecular weight excluding hydrogens is 336 g/mol. The topological polar surface area (TPSA) is 49.4 Å². The van der Waals surface area contributed by atoms with Crippen molar-refractivity contribution < 1.29 is 9.59 Å². The maximum atomic E-state index is 12.7. The Labute approximate surface area is 160 Å². The van der Waals surface area contributed by atoms with Crippen molar-refractivity contribution in [2.24, 2.45) is 5.92 Å². The van der Waals surface area contributed by atoms with E-state index in [-0.39, 0.29) is 17.7 Å². The number of carbonyl (C=O) groups excluding carboxylic acids is 2. The van der Waals surface area contributed by atoms with Gasteiger partial charge in [-0.05, 0) is 43.0 Å². The Morgan fingerprint density at radius 3 is 2.67 bits per heavy atom. The van der Waals surface area contributed by atoms with Gasteiger partial charge in [0.25, 0.3) is 0 Å². The first kappa shape index (κ1) is 18.9. The summed E-state index contributed by atoms with van der Waals surface area (Å²) >= 11 is 0. The molecule has 140 valence electrons. The van der Waals surface area contributed by atoms with E-state index in [2.05, 4.69) is 37.0 Å². The molecule has 0 aliphatic carbocycles. The summed E-state index contributed by atoms with van der Waals surface area (Å²) in [6, 6.07) is 16.2. The van der Waals surface area contributed by atoms with E-state index in [9.17, 15) is 9.59 Å². The number of benzene rings is 2. The molecule has 0 spiro atoms. The molecule has 0 saturated carbocycles. The predicted octanol–water partition coefficient (Wildman–Crippen LogP) is 4.42. The minimum absolute atomic E-state index is 0.0208. The van der Waals surface area contributed by atoms with Gasteiger partial charge in [0.2, 0.25) is 11.8 Å². The van der Waals surface area contributed by atoms with E-state index in [0.29, 0.717) is 13.0 Å². The fraction of sp³-hybridized carbons (Fsp3) is 0.304. The summed E-state index contributed by atoms with van der Waals surface area (Å²) in [5.41, 5.74) is 4.19. The van der Waals surface area contributed by atoms with Gasteiger partial charge in [-0.3, -0.25) is 9.59 Å². The van der Waals surface area contributed by atoms with Gasteiger partial charge in [0.15, 0.2) is 0 Å². The Bertz CT molecular complexity index is 844. The standard InChI is InChI=1S/C23H26N2O2/c1-3-7-22(26)25-13-6-11-20(16-25)23(27)24-21-12-5-10-19(15-21)18-9-4-8-17(2)14-18/h3-5,8-10,12,14-15,20H,1,6-7,11,13,16H2,2H3,(H,24,27)/t20-/m1/s1. The van der Waals surface area contributed by atoms with Crippen LogP contribution in [0.5, 0.6) is 0 Å². The highest BCUT2D eigenvalue weighted by Crippen LogP contribution is 2.25. The van der Waals surface area contributed by atoms with E-state index in [1.54, 1.807) is 11.0 Å². The van der Waals surface area contributed by atoms with Gasteiger partial charge in [-0.25, -0.2) is 0 Å². The zero-order valence-corrected chi connectivity index (χ0v) is 15.8. The number of amides is 2. The summed E-state index contributed by atoms with van der Waals surface area (Å²) < 4.78 is 0. The van der Waals surface area contributed by atoms with Gasteiger partial charge >= 0.3 is 0 Å². The second kappa shape index (κ2) is 8.67. The summed E-state index contributed by atoms with van der Waals surface area (Å²) in [7, 11) is 0. The van der Waals surface area contributed by atoms with Crippen molar-refractivity contribution in [3.63, 3.8) is 0 Å². The van der Waals surface area contributed by atoms with E-state index in [1.807, 2.05) is 30.3 Å². The molecule has 2 aromatic rings. The van der Waals surface area contributed by atoms with E-state index >= 15 is 0 Å². The highest BCUT2D eigenvalue weighted by molar-refractivity contribution is 5.94. The molecule has 2 aromatic carbocycles. The van der Waals surface area contributed by atoms with E-state index in [0.717, 1.165) is 36.2 Å². The molecule has 1 saturated heterocycles. The minimum Gasteiger partial charge on any atom is -0.342 e. The summed E-state index contributed by atoms with van der Waals surface area (Å²) in [6.45, 7) is 6.89. The molecule has 1 aliphatic rings. The van der Waals surface area contributed by atoms with Crippen LogP contribution in [0.4, 0.5) is 5.69 Å². The molecule has 0 aromatic heterocycles. The number of piperidine rings is 1. The van der Waals surface area contributed by atoms with Crippen molar-refractivity contribution >= 4 is 17.5 Å². The Balaban J connectivity index is 1.68. The number of hydrogen-bond donors (Lipinski definition) is 1. The first-order valence-electron chi connectivity index (χ1n) is 9.43. The van der Waals surface area contributed by atoms with Gasteiger partial charge in [0.05, 0.1) is 5.92 Å². The number of anilines is 1. The first-order valence-corrected chi connectivity index (χ1v) is 9.43. The summed E-state index contributed by atoms with van der Waals surface area (Å²) in [4.78, 5) is 26.6. The zero-order chi connectivity index (χ0) is 19.2. The third-order valence-electron chi connectivity index (χ3n) is 4.95. The molecule has 2 amide bonds. The first-order chi connectivity index (χ1) is 13.1. The average molecular weight is 362 g/mol. The third kappa shape index (κ3) is 4.85. The van der Waals surface area contributed by atoms with Crippen LogP contribution in [-0.2, 0) is 9.59 Å². The van der Waals surface area contributed by atoms with Gasteiger partial charge in [0.1, 0.15) is 0 Å². The molecule has 1 fully saturated rings. The molecule has 4 nitrogen and oxygen atoms in total. The minimum atomic E-state index is -0.171. The van der Waals surface area contributed by atoms with Crippen LogP contribution in [-0.4, -0.2) is 29.8 Å². The van der Waals surface area contributed by atoms with Gasteiger partial charge in [-0.1, -0.05) is 48.0 Å². The Morgan fingerprint density at radius 2 is 1.93 bits per heavy atom. The number of likely N-dealkylation sites (tertiary alicyclic amines) is 1. The average Bonchev–Trinajstić information content (AvgIpc) is 2.68. The fourth-order valence-electron chi connectivity index (χ4n) is 3.52. The highest BCUT2D eigenvalue weighted by Gasteiger charge is 2.27. The summed E-state index contributed by atoms with van der Waals surface area (Å²) in [5, 5.41) is 3.03. The highest BCUT2D eigenvalue weighted by atomic mass is 16.2. The zero-order valence-electron chi connectivity index (χ0n) is 15.8. The lowest BCUT2D eigenvalue weighted by Gasteiger charge is -2.32. The molecule has 1 N–H and O–H groups in total. The lowest BCUT2D eigenvalue weighted by molar-refractivity contribution is -0.133. The van der Waals surface area contributed by atoms with Crippen LogP contribution >= 0.6 is 0 Å². The molecule has 1 atom stereocenters. The van der Waals surface area contributed by atoms with Crippen molar-refractivity contribution in [1.82, 2.24) is 4.90 Å². The van der Waals surface area contributed by atoms with E-state index in [1.165, 1.54) is 5.56 Å². The fourth-order valence-corrected chi connectivity index (χ4v) is 3.52. The van der Waals surface area contributed by atoms with Gasteiger partial charge in [-0.2, -0.15) is 0 Å². The summed E-state index contributed by atoms with van der Waals surface area (Å²) in [6.07, 6.45) is 3.60.